The number of hydrogen-bond acceptors (Lipinski definition) is 3. The van der Waals surface area contributed by atoms with Crippen molar-refractivity contribution < 1.29 is 9.02 Å². The van der Waals surface area contributed by atoms with Crippen LogP contribution in [0.4, 0.5) is 4.39 Å². The van der Waals surface area contributed by atoms with Gasteiger partial charge in [0.2, 0.25) is 0 Å². The van der Waals surface area contributed by atoms with Gasteiger partial charge in [0.15, 0.2) is 0 Å². The molecule has 0 saturated carbocycles. The number of benzene rings is 1. The Bertz CT molecular complexity index is 360. The van der Waals surface area contributed by atoms with Crippen LogP contribution < -0.4 is 0 Å². The summed E-state index contributed by atoms with van der Waals surface area (Å²) in [5.74, 6) is -0.284. The van der Waals surface area contributed by atoms with Crippen molar-refractivity contribution in [1.82, 2.24) is 10.3 Å². The largest absolute Gasteiger partial charge is 0.243 e. The lowest BCUT2D eigenvalue weighted by molar-refractivity contribution is 0.315. The van der Waals surface area contributed by atoms with E-state index < -0.39 is 0 Å². The lowest BCUT2D eigenvalue weighted by atomic mass is 10.2. The molecular weight excluding hydrogens is 147 g/mol. The van der Waals surface area contributed by atoms with Gasteiger partial charge in [0, 0.05) is 6.07 Å². The molecule has 2 rings (SSSR count). The van der Waals surface area contributed by atoms with Crippen molar-refractivity contribution in [2.75, 3.05) is 0 Å². The molecule has 11 heavy (non-hydrogen) atoms. The third-order valence-electron chi connectivity index (χ3n) is 1.53. The number of nitrogens with zero attached hydrogens (tertiary/aromatic N) is 2. The second-order valence-electron chi connectivity index (χ2n) is 2.35. The van der Waals surface area contributed by atoms with Crippen LogP contribution in [0.15, 0.2) is 16.8 Å². The molecule has 0 aliphatic rings. The van der Waals surface area contributed by atoms with E-state index in [2.05, 4.69) is 14.9 Å². The quantitative estimate of drug-likeness (QED) is 0.576. The lowest BCUT2D eigenvalue weighted by Gasteiger charge is -1.91. The van der Waals surface area contributed by atoms with Gasteiger partial charge in [-0.1, -0.05) is 0 Å². The molecule has 1 aromatic heterocycles. The molecular formula is C7H5FN2O. The summed E-state index contributed by atoms with van der Waals surface area (Å²) in [7, 11) is 0. The van der Waals surface area contributed by atoms with Gasteiger partial charge in [-0.2, -0.15) is 0 Å². The summed E-state index contributed by atoms with van der Waals surface area (Å²) in [5, 5.41) is 7.06. The van der Waals surface area contributed by atoms with Gasteiger partial charge < -0.3 is 0 Å². The first-order valence-corrected chi connectivity index (χ1v) is 3.16. The Balaban J connectivity index is 2.86. The number of fused-ring (bicyclic) bond motifs is 1. The summed E-state index contributed by atoms with van der Waals surface area (Å²) in [5.41, 5.74) is 1.59. The third-order valence-corrected chi connectivity index (χ3v) is 1.53. The number of aromatic nitrogens is 2. The zero-order chi connectivity index (χ0) is 7.84. The van der Waals surface area contributed by atoms with E-state index in [1.54, 1.807) is 13.0 Å². The first kappa shape index (κ1) is 6.27. The molecule has 2 aromatic rings. The Kier molecular flexibility index (Phi) is 1.15. The van der Waals surface area contributed by atoms with E-state index in [9.17, 15) is 4.39 Å². The molecule has 0 atom stereocenters. The van der Waals surface area contributed by atoms with Gasteiger partial charge in [0.1, 0.15) is 16.9 Å². The van der Waals surface area contributed by atoms with Gasteiger partial charge in [-0.05, 0) is 28.9 Å². The SMILES string of the molecule is Cc1cc2nonc2cc1F. The number of hydrogen-bond donors (Lipinski definition) is 0. The predicted octanol–water partition coefficient (Wildman–Crippen LogP) is 1.67. The Morgan fingerprint density at radius 2 is 1.91 bits per heavy atom. The van der Waals surface area contributed by atoms with Crippen molar-refractivity contribution >= 4 is 11.0 Å². The molecule has 0 radical (unpaired) electrons. The molecule has 4 heteroatoms. The van der Waals surface area contributed by atoms with E-state index in [-0.39, 0.29) is 5.82 Å². The van der Waals surface area contributed by atoms with Gasteiger partial charge in [-0.25, -0.2) is 9.02 Å². The van der Waals surface area contributed by atoms with Gasteiger partial charge in [-0.3, -0.25) is 0 Å². The molecule has 56 valence electrons. The molecule has 1 heterocycles. The smallest absolute Gasteiger partial charge is 0.138 e. The molecule has 0 amide bonds. The zero-order valence-electron chi connectivity index (χ0n) is 5.84. The van der Waals surface area contributed by atoms with Crippen LogP contribution in [0.5, 0.6) is 0 Å². The second-order valence-corrected chi connectivity index (χ2v) is 2.35. The van der Waals surface area contributed by atoms with E-state index in [1.165, 1.54) is 6.07 Å². The van der Waals surface area contributed by atoms with Crippen LogP contribution in [-0.4, -0.2) is 10.3 Å². The highest BCUT2D eigenvalue weighted by atomic mass is 19.1. The normalized spacial score (nSPS) is 10.7. The maximum atomic E-state index is 12.8. The van der Waals surface area contributed by atoms with E-state index in [4.69, 9.17) is 0 Å². The van der Waals surface area contributed by atoms with Gasteiger partial charge in [0.05, 0.1) is 0 Å². The van der Waals surface area contributed by atoms with Crippen LogP contribution in [0.1, 0.15) is 5.56 Å². The average molecular weight is 152 g/mol. The number of rotatable bonds is 0. The van der Waals surface area contributed by atoms with Crippen LogP contribution >= 0.6 is 0 Å². The van der Waals surface area contributed by atoms with E-state index in [0.29, 0.717) is 16.6 Å². The van der Waals surface area contributed by atoms with E-state index in [1.807, 2.05) is 0 Å². The molecule has 0 spiro atoms. The first-order valence-electron chi connectivity index (χ1n) is 3.16. The summed E-state index contributed by atoms with van der Waals surface area (Å²) in [6.07, 6.45) is 0. The van der Waals surface area contributed by atoms with Crippen LogP contribution in [0.2, 0.25) is 0 Å². The number of halogens is 1. The van der Waals surface area contributed by atoms with Crippen LogP contribution in [0.3, 0.4) is 0 Å². The minimum Gasteiger partial charge on any atom is -0.243 e. The van der Waals surface area contributed by atoms with Crippen molar-refractivity contribution in [3.8, 4) is 0 Å². The fourth-order valence-electron chi connectivity index (χ4n) is 0.910. The minimum absolute atomic E-state index is 0.284. The lowest BCUT2D eigenvalue weighted by Crippen LogP contribution is -1.81. The van der Waals surface area contributed by atoms with Gasteiger partial charge in [-0.15, -0.1) is 0 Å². The fraction of sp³-hybridized carbons (Fsp3) is 0.143. The molecule has 0 fully saturated rings. The first-order chi connectivity index (χ1) is 5.27. The average Bonchev–Trinajstić information content (AvgIpc) is 2.36. The molecule has 3 nitrogen and oxygen atoms in total. The van der Waals surface area contributed by atoms with Crippen molar-refractivity contribution in [3.05, 3.63) is 23.5 Å². The van der Waals surface area contributed by atoms with E-state index in [0.717, 1.165) is 0 Å². The standard InChI is InChI=1S/C7H5FN2O/c1-4-2-6-7(3-5(4)8)10-11-9-6/h2-3H,1H3. The zero-order valence-corrected chi connectivity index (χ0v) is 5.84. The molecule has 0 N–H and O–H groups in total. The molecule has 0 saturated heterocycles. The second kappa shape index (κ2) is 2.02. The molecule has 0 aliphatic heterocycles. The highest BCUT2D eigenvalue weighted by Crippen LogP contribution is 2.14. The predicted molar refractivity (Wildman–Crippen MR) is 36.5 cm³/mol. The number of aryl methyl sites for hydroxylation is 1. The Hall–Kier alpha value is -1.45. The topological polar surface area (TPSA) is 38.9 Å². The Morgan fingerprint density at radius 1 is 1.27 bits per heavy atom. The summed E-state index contributed by atoms with van der Waals surface area (Å²) in [6.45, 7) is 1.67. The monoisotopic (exact) mass is 152 g/mol. The Morgan fingerprint density at radius 3 is 2.64 bits per heavy atom. The van der Waals surface area contributed by atoms with Crippen LogP contribution in [-0.2, 0) is 0 Å². The minimum atomic E-state index is -0.284. The highest BCUT2D eigenvalue weighted by molar-refractivity contribution is 5.73. The third kappa shape index (κ3) is 0.869. The van der Waals surface area contributed by atoms with Crippen molar-refractivity contribution in [1.29, 1.82) is 0 Å². The maximum Gasteiger partial charge on any atom is 0.138 e. The summed E-state index contributed by atoms with van der Waals surface area (Å²) < 4.78 is 17.2. The van der Waals surface area contributed by atoms with Crippen molar-refractivity contribution in [2.24, 2.45) is 0 Å². The summed E-state index contributed by atoms with van der Waals surface area (Å²) in [4.78, 5) is 0. The van der Waals surface area contributed by atoms with Crippen LogP contribution in [0, 0.1) is 12.7 Å². The molecule has 1 aromatic carbocycles. The molecule has 0 aliphatic carbocycles. The van der Waals surface area contributed by atoms with E-state index >= 15 is 0 Å². The van der Waals surface area contributed by atoms with Crippen molar-refractivity contribution in [3.63, 3.8) is 0 Å². The van der Waals surface area contributed by atoms with Gasteiger partial charge >= 0.3 is 0 Å². The summed E-state index contributed by atoms with van der Waals surface area (Å²) >= 11 is 0. The van der Waals surface area contributed by atoms with Gasteiger partial charge in [0.25, 0.3) is 0 Å². The maximum absolute atomic E-state index is 12.8. The summed E-state index contributed by atoms with van der Waals surface area (Å²) in [6, 6.07) is 2.91. The van der Waals surface area contributed by atoms with Crippen LogP contribution in [0.25, 0.3) is 11.0 Å². The highest BCUT2D eigenvalue weighted by Gasteiger charge is 2.03. The Labute approximate surface area is 61.8 Å². The fourth-order valence-corrected chi connectivity index (χ4v) is 0.910. The molecule has 0 bridgehead atoms. The van der Waals surface area contributed by atoms with Crippen molar-refractivity contribution in [2.45, 2.75) is 6.92 Å². The molecule has 0 unspecified atom stereocenters.